The lowest BCUT2D eigenvalue weighted by Crippen LogP contribution is -2.24. The number of imidazole rings is 1. The predicted molar refractivity (Wildman–Crippen MR) is 151 cm³/mol. The van der Waals surface area contributed by atoms with E-state index in [-0.39, 0.29) is 22.9 Å². The third-order valence-electron chi connectivity index (χ3n) is 7.51. The molecule has 3 N–H and O–H groups in total. The fourth-order valence-electron chi connectivity index (χ4n) is 5.49. The third kappa shape index (κ3) is 4.27. The van der Waals surface area contributed by atoms with Gasteiger partial charge in [-0.1, -0.05) is 37.5 Å². The fraction of sp³-hybridized carbons (Fsp3) is 0.200. The van der Waals surface area contributed by atoms with Gasteiger partial charge in [-0.25, -0.2) is 9.37 Å². The van der Waals surface area contributed by atoms with Crippen molar-refractivity contribution in [3.63, 3.8) is 0 Å². The second kappa shape index (κ2) is 9.96. The van der Waals surface area contributed by atoms with Gasteiger partial charge in [-0.15, -0.1) is 0 Å². The summed E-state index contributed by atoms with van der Waals surface area (Å²) in [6.45, 7) is 0. The van der Waals surface area contributed by atoms with Crippen LogP contribution in [0, 0.1) is 11.7 Å². The van der Waals surface area contributed by atoms with Crippen molar-refractivity contribution in [2.75, 3.05) is 5.32 Å². The number of halogens is 1. The minimum absolute atomic E-state index is 0.000384. The minimum Gasteiger partial charge on any atom is -0.337 e. The zero-order valence-electron chi connectivity index (χ0n) is 21.5. The number of benzene rings is 1. The number of hydrogen-bond donors (Lipinski definition) is 3. The van der Waals surface area contributed by atoms with Crippen LogP contribution in [0.1, 0.15) is 32.1 Å². The maximum Gasteiger partial charge on any atom is 0.227 e. The Labute approximate surface area is 228 Å². The average molecular weight is 533 g/mol. The van der Waals surface area contributed by atoms with Crippen LogP contribution in [0.15, 0.2) is 67.4 Å². The molecule has 7 rings (SSSR count). The Morgan fingerprint density at radius 2 is 1.80 bits per heavy atom. The van der Waals surface area contributed by atoms with Crippen LogP contribution in [0.4, 0.5) is 10.1 Å². The molecule has 9 nitrogen and oxygen atoms in total. The second-order valence-electron chi connectivity index (χ2n) is 10.1. The monoisotopic (exact) mass is 532 g/mol. The number of carbonyl (C=O) groups is 1. The van der Waals surface area contributed by atoms with Crippen molar-refractivity contribution in [3.05, 3.63) is 73.2 Å². The molecule has 6 aromatic rings. The lowest BCUT2D eigenvalue weighted by molar-refractivity contribution is -0.120. The zero-order valence-corrected chi connectivity index (χ0v) is 21.5. The molecule has 0 spiro atoms. The number of rotatable bonds is 5. The van der Waals surface area contributed by atoms with E-state index in [4.69, 9.17) is 4.98 Å². The van der Waals surface area contributed by atoms with E-state index in [1.807, 2.05) is 30.3 Å². The predicted octanol–water partition coefficient (Wildman–Crippen LogP) is 6.28. The number of hydrogen-bond acceptors (Lipinski definition) is 6. The molecule has 1 amide bonds. The normalized spacial score (nSPS) is 14.1. The van der Waals surface area contributed by atoms with E-state index in [9.17, 15) is 4.79 Å². The number of aromatic nitrogens is 7. The number of para-hydroxylation sites is 1. The van der Waals surface area contributed by atoms with Crippen LogP contribution in [0.5, 0.6) is 0 Å². The van der Waals surface area contributed by atoms with Crippen molar-refractivity contribution < 1.29 is 9.18 Å². The van der Waals surface area contributed by atoms with Gasteiger partial charge in [0.25, 0.3) is 0 Å². The first kappa shape index (κ1) is 24.1. The van der Waals surface area contributed by atoms with Gasteiger partial charge in [0.05, 0.1) is 40.0 Å². The molecule has 5 aromatic heterocycles. The van der Waals surface area contributed by atoms with Crippen molar-refractivity contribution in [1.29, 1.82) is 0 Å². The summed E-state index contributed by atoms with van der Waals surface area (Å²) in [6, 6.07) is 11.4. The van der Waals surface area contributed by atoms with Crippen molar-refractivity contribution in [2.24, 2.45) is 5.92 Å². The highest BCUT2D eigenvalue weighted by Crippen LogP contribution is 2.35. The Kier molecular flexibility index (Phi) is 5.99. The van der Waals surface area contributed by atoms with E-state index in [0.29, 0.717) is 28.3 Å². The Hall–Kier alpha value is -4.99. The SMILES string of the molecule is O=C(Nc1cncc(-c2ncc3[nH]nc(-c4nc5c(-c6cccnc6)cccc5[nH]4)c3c2F)c1)C1CCCCC1. The number of aromatic amines is 2. The number of H-pyrrole nitrogens is 2. The maximum atomic E-state index is 16.1. The first-order chi connectivity index (χ1) is 19.7. The summed E-state index contributed by atoms with van der Waals surface area (Å²) >= 11 is 0. The van der Waals surface area contributed by atoms with Crippen LogP contribution < -0.4 is 5.32 Å². The van der Waals surface area contributed by atoms with E-state index in [1.54, 1.807) is 30.9 Å². The van der Waals surface area contributed by atoms with Gasteiger partial charge in [0.1, 0.15) is 11.4 Å². The molecule has 1 aliphatic carbocycles. The van der Waals surface area contributed by atoms with Crippen LogP contribution >= 0.6 is 0 Å². The van der Waals surface area contributed by atoms with Crippen LogP contribution in [-0.4, -0.2) is 41.0 Å². The maximum absolute atomic E-state index is 16.1. The summed E-state index contributed by atoms with van der Waals surface area (Å²) in [5.74, 6) is -0.137. The zero-order chi connectivity index (χ0) is 27.1. The van der Waals surface area contributed by atoms with Crippen LogP contribution in [0.25, 0.3) is 55.8 Å². The Bertz CT molecular complexity index is 1860. The van der Waals surface area contributed by atoms with Gasteiger partial charge >= 0.3 is 0 Å². The Morgan fingerprint density at radius 1 is 0.925 bits per heavy atom. The molecule has 0 bridgehead atoms. The molecule has 40 heavy (non-hydrogen) atoms. The molecule has 198 valence electrons. The molecule has 0 aliphatic heterocycles. The van der Waals surface area contributed by atoms with E-state index < -0.39 is 5.82 Å². The van der Waals surface area contributed by atoms with Gasteiger partial charge in [0.15, 0.2) is 11.6 Å². The summed E-state index contributed by atoms with van der Waals surface area (Å²) in [4.78, 5) is 33.7. The minimum atomic E-state index is -0.549. The topological polar surface area (TPSA) is 125 Å². The van der Waals surface area contributed by atoms with Crippen molar-refractivity contribution in [3.8, 4) is 33.9 Å². The fourth-order valence-corrected chi connectivity index (χ4v) is 5.49. The lowest BCUT2D eigenvalue weighted by atomic mass is 9.88. The number of amides is 1. The molecule has 0 radical (unpaired) electrons. The molecule has 10 heteroatoms. The summed E-state index contributed by atoms with van der Waals surface area (Å²) in [5, 5.41) is 10.5. The summed E-state index contributed by atoms with van der Waals surface area (Å²) in [5.41, 5.74) is 5.25. The van der Waals surface area contributed by atoms with Gasteiger partial charge in [0.2, 0.25) is 5.91 Å². The van der Waals surface area contributed by atoms with Crippen molar-refractivity contribution >= 4 is 33.5 Å². The average Bonchev–Trinajstić information content (AvgIpc) is 3.63. The van der Waals surface area contributed by atoms with Gasteiger partial charge in [0, 0.05) is 41.2 Å². The van der Waals surface area contributed by atoms with E-state index >= 15 is 4.39 Å². The summed E-state index contributed by atoms with van der Waals surface area (Å²) in [6.07, 6.45) is 13.2. The smallest absolute Gasteiger partial charge is 0.227 e. The van der Waals surface area contributed by atoms with E-state index in [1.165, 1.54) is 12.6 Å². The van der Waals surface area contributed by atoms with Crippen LogP contribution in [-0.2, 0) is 4.79 Å². The first-order valence-corrected chi connectivity index (χ1v) is 13.3. The van der Waals surface area contributed by atoms with E-state index in [2.05, 4.69) is 35.5 Å². The molecule has 5 heterocycles. The van der Waals surface area contributed by atoms with E-state index in [0.717, 1.165) is 47.8 Å². The molecule has 0 atom stereocenters. The number of anilines is 1. The van der Waals surface area contributed by atoms with Gasteiger partial charge < -0.3 is 10.3 Å². The Morgan fingerprint density at radius 3 is 2.65 bits per heavy atom. The second-order valence-corrected chi connectivity index (χ2v) is 10.1. The van der Waals surface area contributed by atoms with Crippen molar-refractivity contribution in [1.82, 2.24) is 35.1 Å². The highest BCUT2D eigenvalue weighted by molar-refractivity contribution is 5.98. The quantitative estimate of drug-likeness (QED) is 0.240. The van der Waals surface area contributed by atoms with Crippen LogP contribution in [0.2, 0.25) is 0 Å². The molecule has 0 saturated heterocycles. The number of carbonyl (C=O) groups excluding carboxylic acids is 1. The lowest BCUT2D eigenvalue weighted by Gasteiger charge is -2.20. The molecule has 1 saturated carbocycles. The number of nitrogens with zero attached hydrogens (tertiary/aromatic N) is 5. The summed E-state index contributed by atoms with van der Waals surface area (Å²) < 4.78 is 16.1. The first-order valence-electron chi connectivity index (χ1n) is 13.3. The third-order valence-corrected chi connectivity index (χ3v) is 7.51. The molecule has 1 fully saturated rings. The van der Waals surface area contributed by atoms with Crippen molar-refractivity contribution in [2.45, 2.75) is 32.1 Å². The van der Waals surface area contributed by atoms with Crippen LogP contribution in [0.3, 0.4) is 0 Å². The van der Waals surface area contributed by atoms with Gasteiger partial charge in [-0.3, -0.25) is 24.8 Å². The highest BCUT2D eigenvalue weighted by atomic mass is 19.1. The van der Waals surface area contributed by atoms with Gasteiger partial charge in [-0.05, 0) is 31.0 Å². The largest absolute Gasteiger partial charge is 0.337 e. The van der Waals surface area contributed by atoms with Gasteiger partial charge in [-0.2, -0.15) is 5.10 Å². The number of nitrogens with one attached hydrogen (secondary N) is 3. The molecule has 1 aromatic carbocycles. The molecule has 0 unspecified atom stereocenters. The highest BCUT2D eigenvalue weighted by Gasteiger charge is 2.23. The summed E-state index contributed by atoms with van der Waals surface area (Å²) in [7, 11) is 0. The molecular formula is C30H25FN8O. The molecular weight excluding hydrogens is 507 g/mol. The Balaban J connectivity index is 1.26. The standard InChI is InChI=1S/C30H25FN8O/c31-25-24-23(16-34-26(25)19-12-20(15-33-14-19)35-30(40)17-6-2-1-3-7-17)38-39-28(24)29-36-22-10-4-9-21(27(22)37-29)18-8-5-11-32-13-18/h4-5,8-17H,1-3,6-7H2,(H,35,40)(H,36,37)(H,38,39). The number of fused-ring (bicyclic) bond motifs is 2. The molecule has 1 aliphatic rings. The number of pyridine rings is 3.